The first-order valence-electron chi connectivity index (χ1n) is 8.61. The van der Waals surface area contributed by atoms with Gasteiger partial charge in [-0.2, -0.15) is 0 Å². The minimum absolute atomic E-state index is 0.0903. The fraction of sp³-hybridized carbons (Fsp3) is 0.0952. The van der Waals surface area contributed by atoms with Gasteiger partial charge in [0.1, 0.15) is 15.8 Å². The second kappa shape index (κ2) is 8.43. The molecule has 0 radical (unpaired) electrons. The maximum Gasteiger partial charge on any atom is 0.266 e. The number of carbonyl (C=O) groups excluding carboxylic acids is 1. The molecule has 0 aliphatic carbocycles. The van der Waals surface area contributed by atoms with Gasteiger partial charge in [0, 0.05) is 41.0 Å². The van der Waals surface area contributed by atoms with Gasteiger partial charge in [-0.05, 0) is 36.4 Å². The van der Waals surface area contributed by atoms with Crippen LogP contribution in [0.2, 0.25) is 0 Å². The van der Waals surface area contributed by atoms with E-state index in [0.717, 1.165) is 21.5 Å². The summed E-state index contributed by atoms with van der Waals surface area (Å²) in [5.74, 6) is 1.29. The molecule has 7 heteroatoms. The lowest BCUT2D eigenvalue weighted by molar-refractivity contribution is -0.122. The lowest BCUT2D eigenvalue weighted by Crippen LogP contribution is -2.30. The summed E-state index contributed by atoms with van der Waals surface area (Å²) in [6.07, 6.45) is 4.16. The maximum absolute atomic E-state index is 12.7. The van der Waals surface area contributed by atoms with Crippen LogP contribution in [0.4, 0.5) is 0 Å². The van der Waals surface area contributed by atoms with Crippen LogP contribution in [0, 0.1) is 0 Å². The molecule has 1 aliphatic heterocycles. The Hall–Kier alpha value is -2.22. The third kappa shape index (κ3) is 4.27. The standard InChI is InChI=1S/C21H15BrN2O2S2/c22-15-6-4-14(5-7-15)18-9-8-17(26-18)13-19-20(25)24(21(27)28-19)12-10-16-3-1-2-11-23-16/h1-9,11,13H,10,12H2/b19-13-. The first-order chi connectivity index (χ1) is 13.6. The molecule has 1 aromatic carbocycles. The number of thiocarbonyl (C=S) groups is 1. The zero-order valence-corrected chi connectivity index (χ0v) is 17.9. The van der Waals surface area contributed by atoms with Crippen molar-refractivity contribution >= 4 is 56.2 Å². The number of hydrogen-bond acceptors (Lipinski definition) is 5. The summed E-state index contributed by atoms with van der Waals surface area (Å²) in [6.45, 7) is 0.515. The molecule has 4 nitrogen and oxygen atoms in total. The smallest absolute Gasteiger partial charge is 0.266 e. The molecule has 0 N–H and O–H groups in total. The van der Waals surface area contributed by atoms with Crippen molar-refractivity contribution in [1.29, 1.82) is 0 Å². The molecule has 28 heavy (non-hydrogen) atoms. The molecule has 0 saturated carbocycles. The predicted molar refractivity (Wildman–Crippen MR) is 120 cm³/mol. The minimum atomic E-state index is -0.0903. The van der Waals surface area contributed by atoms with E-state index in [9.17, 15) is 4.79 Å². The molecular weight excluding hydrogens is 456 g/mol. The van der Waals surface area contributed by atoms with Gasteiger partial charge in [-0.15, -0.1) is 0 Å². The van der Waals surface area contributed by atoms with E-state index in [1.807, 2.05) is 54.6 Å². The number of nitrogens with zero attached hydrogens (tertiary/aromatic N) is 2. The number of benzene rings is 1. The Kier molecular flexibility index (Phi) is 5.75. The molecule has 1 fully saturated rings. The van der Waals surface area contributed by atoms with E-state index in [2.05, 4.69) is 20.9 Å². The van der Waals surface area contributed by atoms with Gasteiger partial charge >= 0.3 is 0 Å². The second-order valence-corrected chi connectivity index (χ2v) is 8.70. The summed E-state index contributed by atoms with van der Waals surface area (Å²) < 4.78 is 7.46. The molecule has 0 atom stereocenters. The van der Waals surface area contributed by atoms with Crippen molar-refractivity contribution in [3.63, 3.8) is 0 Å². The molecule has 1 amide bonds. The van der Waals surface area contributed by atoms with E-state index >= 15 is 0 Å². The van der Waals surface area contributed by atoms with Crippen molar-refractivity contribution in [3.05, 3.63) is 81.6 Å². The average Bonchev–Trinajstić information content (AvgIpc) is 3.27. The Labute approximate surface area is 180 Å². The van der Waals surface area contributed by atoms with E-state index in [1.165, 1.54) is 11.8 Å². The molecule has 0 bridgehead atoms. The van der Waals surface area contributed by atoms with E-state index in [4.69, 9.17) is 16.6 Å². The van der Waals surface area contributed by atoms with Crippen molar-refractivity contribution in [2.24, 2.45) is 0 Å². The van der Waals surface area contributed by atoms with Gasteiger partial charge in [0.05, 0.1) is 4.91 Å². The minimum Gasteiger partial charge on any atom is -0.457 e. The van der Waals surface area contributed by atoms with Crippen molar-refractivity contribution in [2.75, 3.05) is 6.54 Å². The second-order valence-electron chi connectivity index (χ2n) is 6.11. The van der Waals surface area contributed by atoms with Gasteiger partial charge < -0.3 is 4.42 Å². The fourth-order valence-corrected chi connectivity index (χ4v) is 4.35. The van der Waals surface area contributed by atoms with Gasteiger partial charge in [0.15, 0.2) is 0 Å². The number of pyridine rings is 1. The number of amides is 1. The van der Waals surface area contributed by atoms with Crippen LogP contribution >= 0.6 is 39.9 Å². The van der Waals surface area contributed by atoms with Crippen molar-refractivity contribution in [1.82, 2.24) is 9.88 Å². The van der Waals surface area contributed by atoms with Crippen LogP contribution in [0.25, 0.3) is 17.4 Å². The van der Waals surface area contributed by atoms with Crippen LogP contribution in [-0.4, -0.2) is 26.7 Å². The van der Waals surface area contributed by atoms with E-state index in [0.29, 0.717) is 28.0 Å². The van der Waals surface area contributed by atoms with Crippen LogP contribution < -0.4 is 0 Å². The van der Waals surface area contributed by atoms with E-state index in [1.54, 1.807) is 17.2 Å². The highest BCUT2D eigenvalue weighted by Gasteiger charge is 2.32. The number of halogens is 1. The van der Waals surface area contributed by atoms with Gasteiger partial charge in [0.25, 0.3) is 5.91 Å². The zero-order valence-electron chi connectivity index (χ0n) is 14.7. The molecule has 140 valence electrons. The monoisotopic (exact) mass is 470 g/mol. The summed E-state index contributed by atoms with van der Waals surface area (Å²) >= 11 is 10.1. The van der Waals surface area contributed by atoms with Crippen LogP contribution in [0.15, 0.2) is 74.6 Å². The Balaban J connectivity index is 1.47. The Bertz CT molecular complexity index is 1050. The highest BCUT2D eigenvalue weighted by atomic mass is 79.9. The lowest BCUT2D eigenvalue weighted by atomic mass is 10.2. The zero-order chi connectivity index (χ0) is 19.5. The molecule has 4 rings (SSSR count). The SMILES string of the molecule is O=C1/C(=C/c2ccc(-c3ccc(Br)cc3)o2)SC(=S)N1CCc1ccccn1. The molecule has 0 unspecified atom stereocenters. The Morgan fingerprint density at radius 2 is 1.96 bits per heavy atom. The number of aromatic nitrogens is 1. The average molecular weight is 471 g/mol. The topological polar surface area (TPSA) is 46.3 Å². The van der Waals surface area contributed by atoms with Crippen LogP contribution in [0.3, 0.4) is 0 Å². The van der Waals surface area contributed by atoms with Crippen LogP contribution in [0.1, 0.15) is 11.5 Å². The summed E-state index contributed by atoms with van der Waals surface area (Å²) in [4.78, 5) is 19.2. The first kappa shape index (κ1) is 19.1. The van der Waals surface area contributed by atoms with E-state index < -0.39 is 0 Å². The van der Waals surface area contributed by atoms with Crippen LogP contribution in [-0.2, 0) is 11.2 Å². The fourth-order valence-electron chi connectivity index (χ4n) is 2.79. The molecule has 3 heterocycles. The summed E-state index contributed by atoms with van der Waals surface area (Å²) in [6, 6.07) is 17.4. The molecule has 0 spiro atoms. The predicted octanol–water partition coefficient (Wildman–Crippen LogP) is 5.55. The number of thioether (sulfide) groups is 1. The number of furan rings is 1. The molecular formula is C21H15BrN2O2S2. The quantitative estimate of drug-likeness (QED) is 0.361. The Morgan fingerprint density at radius 3 is 2.71 bits per heavy atom. The highest BCUT2D eigenvalue weighted by molar-refractivity contribution is 9.10. The number of carbonyl (C=O) groups is 1. The first-order valence-corrected chi connectivity index (χ1v) is 10.6. The number of rotatable bonds is 5. The van der Waals surface area contributed by atoms with Gasteiger partial charge in [-0.3, -0.25) is 14.7 Å². The molecule has 1 saturated heterocycles. The van der Waals surface area contributed by atoms with Gasteiger partial charge in [-0.1, -0.05) is 58.1 Å². The van der Waals surface area contributed by atoms with Gasteiger partial charge in [0.2, 0.25) is 0 Å². The van der Waals surface area contributed by atoms with Crippen molar-refractivity contribution < 1.29 is 9.21 Å². The summed E-state index contributed by atoms with van der Waals surface area (Å²) in [7, 11) is 0. The summed E-state index contributed by atoms with van der Waals surface area (Å²) in [5.41, 5.74) is 1.91. The normalized spacial score (nSPS) is 15.6. The largest absolute Gasteiger partial charge is 0.457 e. The summed E-state index contributed by atoms with van der Waals surface area (Å²) in [5, 5.41) is 0. The number of hydrogen-bond donors (Lipinski definition) is 0. The van der Waals surface area contributed by atoms with Crippen molar-refractivity contribution in [3.8, 4) is 11.3 Å². The van der Waals surface area contributed by atoms with E-state index in [-0.39, 0.29) is 5.91 Å². The third-order valence-corrected chi connectivity index (χ3v) is 6.13. The maximum atomic E-state index is 12.7. The molecule has 3 aromatic rings. The molecule has 2 aromatic heterocycles. The van der Waals surface area contributed by atoms with Crippen LogP contribution in [0.5, 0.6) is 0 Å². The molecule has 1 aliphatic rings. The highest BCUT2D eigenvalue weighted by Crippen LogP contribution is 2.33. The third-order valence-electron chi connectivity index (χ3n) is 4.22. The lowest BCUT2D eigenvalue weighted by Gasteiger charge is -2.13. The Morgan fingerprint density at radius 1 is 1.14 bits per heavy atom. The van der Waals surface area contributed by atoms with Crippen molar-refractivity contribution in [2.45, 2.75) is 6.42 Å². The van der Waals surface area contributed by atoms with Gasteiger partial charge in [-0.25, -0.2) is 0 Å².